The lowest BCUT2D eigenvalue weighted by Gasteiger charge is -1.91. The van der Waals surface area contributed by atoms with Gasteiger partial charge < -0.3 is 0 Å². The summed E-state index contributed by atoms with van der Waals surface area (Å²) in [7, 11) is 0. The summed E-state index contributed by atoms with van der Waals surface area (Å²) in [6.07, 6.45) is 6.39. The quantitative estimate of drug-likeness (QED) is 0.400. The van der Waals surface area contributed by atoms with Crippen LogP contribution in [0, 0.1) is 23.7 Å². The maximum absolute atomic E-state index is 5.16. The highest BCUT2D eigenvalue weighted by Gasteiger charge is 2.44. The minimum absolute atomic E-state index is 0.481. The Morgan fingerprint density at radius 2 is 2.14 bits per heavy atom. The van der Waals surface area contributed by atoms with Crippen molar-refractivity contribution in [1.82, 2.24) is 0 Å². The molecule has 38 valence electrons. The Bertz CT molecular complexity index is 114. The third kappa shape index (κ3) is 0.632. The second kappa shape index (κ2) is 1.04. The van der Waals surface area contributed by atoms with Gasteiger partial charge in [-0.2, -0.15) is 0 Å². The van der Waals surface area contributed by atoms with Crippen LogP contribution in [0.4, 0.5) is 0 Å². The Morgan fingerprint density at radius 1 is 1.71 bits per heavy atom. The van der Waals surface area contributed by atoms with Gasteiger partial charge in [0.2, 0.25) is 0 Å². The molecule has 0 bridgehead atoms. The van der Waals surface area contributed by atoms with Gasteiger partial charge in [-0.15, -0.1) is 12.3 Å². The highest BCUT2D eigenvalue weighted by Crippen LogP contribution is 2.50. The Kier molecular flexibility index (Phi) is 0.698. The zero-order valence-electron chi connectivity index (χ0n) is 4.86. The van der Waals surface area contributed by atoms with Gasteiger partial charge in [0.1, 0.15) is 0 Å². The molecule has 0 radical (unpaired) electrons. The van der Waals surface area contributed by atoms with Crippen LogP contribution >= 0.6 is 0 Å². The Labute approximate surface area is 44.9 Å². The van der Waals surface area contributed by atoms with Gasteiger partial charge in [-0.05, 0) is 11.8 Å². The van der Waals surface area contributed by atoms with Crippen molar-refractivity contribution in [2.75, 3.05) is 0 Å². The summed E-state index contributed by atoms with van der Waals surface area (Å²) in [4.78, 5) is 0. The summed E-state index contributed by atoms with van der Waals surface area (Å²) in [5.41, 5.74) is 0.481. The van der Waals surface area contributed by atoms with Gasteiger partial charge in [0.05, 0.1) is 0 Å². The molecule has 0 N–H and O–H groups in total. The van der Waals surface area contributed by atoms with Crippen LogP contribution in [-0.4, -0.2) is 0 Å². The number of hydrogen-bond acceptors (Lipinski definition) is 0. The zero-order valence-corrected chi connectivity index (χ0v) is 4.86. The average molecular weight is 94.2 g/mol. The lowest BCUT2D eigenvalue weighted by atomic mass is 10.1. The van der Waals surface area contributed by atoms with Crippen molar-refractivity contribution < 1.29 is 0 Å². The minimum Gasteiger partial charge on any atom is -0.120 e. The van der Waals surface area contributed by atoms with Crippen molar-refractivity contribution in [3.05, 3.63) is 0 Å². The van der Waals surface area contributed by atoms with E-state index in [9.17, 15) is 0 Å². The molecule has 1 fully saturated rings. The van der Waals surface area contributed by atoms with E-state index in [1.54, 1.807) is 0 Å². The molecule has 0 heteroatoms. The molecule has 1 aliphatic carbocycles. The largest absolute Gasteiger partial charge is 0.120 e. The predicted molar refractivity (Wildman–Crippen MR) is 30.7 cm³/mol. The normalized spacial score (nSPS) is 34.1. The van der Waals surface area contributed by atoms with E-state index in [0.29, 0.717) is 11.3 Å². The Hall–Kier alpha value is -0.440. The van der Waals surface area contributed by atoms with E-state index in [1.165, 1.54) is 6.42 Å². The fourth-order valence-electron chi connectivity index (χ4n) is 0.752. The molecule has 0 unspecified atom stereocenters. The van der Waals surface area contributed by atoms with Crippen LogP contribution in [0.25, 0.3) is 0 Å². The minimum atomic E-state index is 0.481. The first-order valence-electron chi connectivity index (χ1n) is 2.63. The first-order chi connectivity index (χ1) is 3.17. The molecule has 1 saturated carbocycles. The van der Waals surface area contributed by atoms with E-state index in [1.807, 2.05) is 0 Å². The van der Waals surface area contributed by atoms with Crippen molar-refractivity contribution in [1.29, 1.82) is 0 Å². The van der Waals surface area contributed by atoms with E-state index in [2.05, 4.69) is 19.8 Å². The Balaban J connectivity index is 2.49. The second-order valence-electron chi connectivity index (χ2n) is 2.91. The zero-order chi connectivity index (χ0) is 5.49. The summed E-state index contributed by atoms with van der Waals surface area (Å²) in [5, 5.41) is 0. The van der Waals surface area contributed by atoms with E-state index < -0.39 is 0 Å². The number of terminal acetylenes is 1. The molecule has 0 aromatic rings. The molecule has 0 nitrogen and oxygen atoms in total. The van der Waals surface area contributed by atoms with E-state index >= 15 is 0 Å². The lowest BCUT2D eigenvalue weighted by molar-refractivity contribution is 0.617. The molecule has 7 heavy (non-hydrogen) atoms. The third-order valence-electron chi connectivity index (χ3n) is 1.71. The standard InChI is InChI=1S/C7H10/c1-4-6-5-7(6,2)3/h1,6H,5H2,2-3H3/t6-/m0/s1. The highest BCUT2D eigenvalue weighted by molar-refractivity contribution is 5.12. The van der Waals surface area contributed by atoms with Crippen LogP contribution < -0.4 is 0 Å². The fourth-order valence-corrected chi connectivity index (χ4v) is 0.752. The molecule has 1 aliphatic rings. The van der Waals surface area contributed by atoms with Crippen LogP contribution in [0.1, 0.15) is 20.3 Å². The van der Waals surface area contributed by atoms with Gasteiger partial charge in [-0.3, -0.25) is 0 Å². The van der Waals surface area contributed by atoms with Crippen molar-refractivity contribution >= 4 is 0 Å². The van der Waals surface area contributed by atoms with Crippen molar-refractivity contribution in [3.63, 3.8) is 0 Å². The summed E-state index contributed by atoms with van der Waals surface area (Å²) >= 11 is 0. The van der Waals surface area contributed by atoms with Gasteiger partial charge in [-0.1, -0.05) is 13.8 Å². The molecule has 0 spiro atoms. The van der Waals surface area contributed by atoms with Gasteiger partial charge in [0.25, 0.3) is 0 Å². The number of hydrogen-bond donors (Lipinski definition) is 0. The summed E-state index contributed by atoms with van der Waals surface area (Å²) in [6.45, 7) is 4.41. The van der Waals surface area contributed by atoms with Crippen LogP contribution in [0.5, 0.6) is 0 Å². The molecule has 0 aliphatic heterocycles. The SMILES string of the molecule is C#C[C@H]1CC1(C)C. The van der Waals surface area contributed by atoms with Crippen LogP contribution in [0.3, 0.4) is 0 Å². The monoisotopic (exact) mass is 94.1 g/mol. The first kappa shape index (κ1) is 4.71. The molecular formula is C7H10. The van der Waals surface area contributed by atoms with Gasteiger partial charge >= 0.3 is 0 Å². The molecule has 1 rings (SSSR count). The maximum atomic E-state index is 5.16. The van der Waals surface area contributed by atoms with Crippen LogP contribution in [0.15, 0.2) is 0 Å². The topological polar surface area (TPSA) is 0 Å². The van der Waals surface area contributed by atoms with Crippen molar-refractivity contribution in [2.45, 2.75) is 20.3 Å². The van der Waals surface area contributed by atoms with Crippen LogP contribution in [-0.2, 0) is 0 Å². The van der Waals surface area contributed by atoms with E-state index in [0.717, 1.165) is 0 Å². The van der Waals surface area contributed by atoms with Gasteiger partial charge in [0, 0.05) is 5.92 Å². The molecular weight excluding hydrogens is 84.1 g/mol. The maximum Gasteiger partial charge on any atom is 0.0257 e. The molecule has 0 amide bonds. The highest BCUT2D eigenvalue weighted by atomic mass is 14.5. The molecule has 1 atom stereocenters. The molecule has 0 saturated heterocycles. The fraction of sp³-hybridized carbons (Fsp3) is 0.714. The van der Waals surface area contributed by atoms with Crippen molar-refractivity contribution in [2.24, 2.45) is 11.3 Å². The summed E-state index contributed by atoms with van der Waals surface area (Å²) < 4.78 is 0. The van der Waals surface area contributed by atoms with Gasteiger partial charge in [0.15, 0.2) is 0 Å². The molecule has 0 aromatic carbocycles. The summed E-state index contributed by atoms with van der Waals surface area (Å²) in [6, 6.07) is 0. The van der Waals surface area contributed by atoms with E-state index in [4.69, 9.17) is 6.42 Å². The molecule has 0 heterocycles. The van der Waals surface area contributed by atoms with Crippen molar-refractivity contribution in [3.8, 4) is 12.3 Å². The van der Waals surface area contributed by atoms with Gasteiger partial charge in [-0.25, -0.2) is 0 Å². The second-order valence-corrected chi connectivity index (χ2v) is 2.91. The molecule has 0 aromatic heterocycles. The predicted octanol–water partition coefficient (Wildman–Crippen LogP) is 1.67. The first-order valence-corrected chi connectivity index (χ1v) is 2.63. The number of rotatable bonds is 0. The lowest BCUT2D eigenvalue weighted by Crippen LogP contribution is -1.84. The third-order valence-corrected chi connectivity index (χ3v) is 1.71. The van der Waals surface area contributed by atoms with E-state index in [-0.39, 0.29) is 0 Å². The average Bonchev–Trinajstić information content (AvgIpc) is 2.13. The smallest absolute Gasteiger partial charge is 0.0257 e. The summed E-state index contributed by atoms with van der Waals surface area (Å²) in [5.74, 6) is 3.31. The Morgan fingerprint density at radius 3 is 2.14 bits per heavy atom. The van der Waals surface area contributed by atoms with Crippen LogP contribution in [0.2, 0.25) is 0 Å².